The maximum absolute atomic E-state index is 12.5. The molecule has 1 amide bonds. The van der Waals surface area contributed by atoms with Crippen LogP contribution in [0.2, 0.25) is 5.02 Å². The predicted octanol–water partition coefficient (Wildman–Crippen LogP) is 4.48. The molecule has 216 valence electrons. The summed E-state index contributed by atoms with van der Waals surface area (Å²) in [6.07, 6.45) is 10.00. The van der Waals surface area contributed by atoms with Crippen molar-refractivity contribution in [1.29, 1.82) is 5.26 Å². The average Bonchev–Trinajstić information content (AvgIpc) is 3.40. The monoisotopic (exact) mass is 574 g/mol. The predicted molar refractivity (Wildman–Crippen MR) is 159 cm³/mol. The number of likely N-dealkylation sites (N-methyl/N-ethyl adjacent to an activating group) is 1. The summed E-state index contributed by atoms with van der Waals surface area (Å²) in [7, 11) is 2.15. The van der Waals surface area contributed by atoms with Crippen LogP contribution in [0.3, 0.4) is 0 Å². The Morgan fingerprint density at radius 3 is 2.88 bits per heavy atom. The van der Waals surface area contributed by atoms with Gasteiger partial charge in [0.05, 0.1) is 24.2 Å². The van der Waals surface area contributed by atoms with E-state index in [0.29, 0.717) is 38.3 Å². The van der Waals surface area contributed by atoms with Crippen LogP contribution < -0.4 is 9.64 Å². The van der Waals surface area contributed by atoms with E-state index in [1.165, 1.54) is 29.2 Å². The van der Waals surface area contributed by atoms with E-state index in [-0.39, 0.29) is 23.8 Å². The first-order chi connectivity index (χ1) is 19.9. The van der Waals surface area contributed by atoms with Gasteiger partial charge in [-0.05, 0) is 94.3 Å². The van der Waals surface area contributed by atoms with Crippen LogP contribution in [0.4, 0.5) is 5.82 Å². The van der Waals surface area contributed by atoms with Crippen molar-refractivity contribution in [2.24, 2.45) is 0 Å². The van der Waals surface area contributed by atoms with Crippen LogP contribution >= 0.6 is 11.6 Å². The summed E-state index contributed by atoms with van der Waals surface area (Å²) < 4.78 is 6.33. The zero-order valence-electron chi connectivity index (χ0n) is 23.9. The second-order valence-electron chi connectivity index (χ2n) is 12.2. The summed E-state index contributed by atoms with van der Waals surface area (Å²) in [5.41, 5.74) is 5.03. The van der Waals surface area contributed by atoms with Crippen molar-refractivity contribution in [3.63, 3.8) is 0 Å². The number of anilines is 1. The van der Waals surface area contributed by atoms with Gasteiger partial charge in [-0.3, -0.25) is 4.79 Å². The van der Waals surface area contributed by atoms with Crippen LogP contribution in [0.5, 0.6) is 6.01 Å². The minimum atomic E-state index is -0.219. The molecule has 2 fully saturated rings. The molecular weight excluding hydrogens is 536 g/mol. The van der Waals surface area contributed by atoms with Gasteiger partial charge in [-0.25, -0.2) is 0 Å². The highest BCUT2D eigenvalue weighted by atomic mass is 35.5. The Morgan fingerprint density at radius 1 is 1.22 bits per heavy atom. The average molecular weight is 575 g/mol. The van der Waals surface area contributed by atoms with E-state index in [2.05, 4.69) is 41.6 Å². The van der Waals surface area contributed by atoms with Crippen molar-refractivity contribution in [3.8, 4) is 12.1 Å². The molecule has 2 aliphatic carbocycles. The van der Waals surface area contributed by atoms with Gasteiger partial charge in [-0.1, -0.05) is 24.2 Å². The van der Waals surface area contributed by atoms with E-state index < -0.39 is 0 Å². The van der Waals surface area contributed by atoms with Crippen molar-refractivity contribution in [3.05, 3.63) is 58.3 Å². The van der Waals surface area contributed by atoms with Crippen LogP contribution in [-0.4, -0.2) is 77.6 Å². The van der Waals surface area contributed by atoms with Crippen molar-refractivity contribution in [2.45, 2.75) is 75.3 Å². The Balaban J connectivity index is 1.35. The lowest BCUT2D eigenvalue weighted by Crippen LogP contribution is -2.55. The summed E-state index contributed by atoms with van der Waals surface area (Å²) in [6.45, 7) is 7.02. The summed E-state index contributed by atoms with van der Waals surface area (Å²) in [5, 5.41) is 10.3. The number of amides is 1. The molecule has 0 bridgehead atoms. The highest BCUT2D eigenvalue weighted by molar-refractivity contribution is 6.30. The zero-order valence-corrected chi connectivity index (χ0v) is 24.7. The number of fused-ring (bicyclic) bond motifs is 3. The van der Waals surface area contributed by atoms with Gasteiger partial charge in [0.15, 0.2) is 0 Å². The number of halogens is 1. The number of aryl methyl sites for hydroxylation is 1. The second kappa shape index (κ2) is 11.6. The van der Waals surface area contributed by atoms with E-state index in [1.54, 1.807) is 4.90 Å². The van der Waals surface area contributed by atoms with E-state index in [1.807, 2.05) is 6.07 Å². The van der Waals surface area contributed by atoms with Gasteiger partial charge in [0.25, 0.3) is 0 Å². The third-order valence-electron chi connectivity index (χ3n) is 9.80. The second-order valence-corrected chi connectivity index (χ2v) is 12.6. The lowest BCUT2D eigenvalue weighted by atomic mass is 9.62. The van der Waals surface area contributed by atoms with Gasteiger partial charge >= 0.3 is 6.01 Å². The molecule has 1 spiro atoms. The molecule has 4 aliphatic rings. The fourth-order valence-corrected chi connectivity index (χ4v) is 7.72. The molecule has 3 atom stereocenters. The molecule has 8 nitrogen and oxygen atoms in total. The van der Waals surface area contributed by atoms with E-state index in [0.717, 1.165) is 68.0 Å². The number of nitriles is 1. The smallest absolute Gasteiger partial charge is 0.318 e. The number of nitrogens with zero attached hydrogens (tertiary/aromatic N) is 6. The highest BCUT2D eigenvalue weighted by Crippen LogP contribution is 2.48. The number of aromatic nitrogens is 2. The Hall–Kier alpha value is -3.15. The number of carbonyl (C=O) groups is 1. The number of piperazine rings is 1. The SMILES string of the molecule is C=CC(=O)N1CCN(c2nc(OC[C@@H]3CCCN3C)nc3c2CCC2(CCCc4ccc(Cl)cc42)C3)C[C@@H]1CC#N. The van der Waals surface area contributed by atoms with E-state index in [9.17, 15) is 10.1 Å². The van der Waals surface area contributed by atoms with Crippen molar-refractivity contribution >= 4 is 23.3 Å². The number of ether oxygens (including phenoxy) is 1. The Morgan fingerprint density at radius 2 is 2.10 bits per heavy atom. The molecular formula is C32H39ClN6O2. The van der Waals surface area contributed by atoms with Crippen molar-refractivity contribution in [1.82, 2.24) is 19.8 Å². The van der Waals surface area contributed by atoms with Crippen LogP contribution in [0, 0.1) is 11.3 Å². The lowest BCUT2D eigenvalue weighted by molar-refractivity contribution is -0.128. The maximum atomic E-state index is 12.5. The third-order valence-corrected chi connectivity index (χ3v) is 10.0. The fourth-order valence-electron chi connectivity index (χ4n) is 7.55. The molecule has 6 rings (SSSR count). The Bertz CT molecular complexity index is 1370. The molecule has 0 radical (unpaired) electrons. The van der Waals surface area contributed by atoms with Gasteiger partial charge in [0.1, 0.15) is 12.4 Å². The summed E-state index contributed by atoms with van der Waals surface area (Å²) >= 11 is 6.52. The van der Waals surface area contributed by atoms with Gasteiger partial charge in [0.2, 0.25) is 5.91 Å². The Labute approximate surface area is 247 Å². The van der Waals surface area contributed by atoms with E-state index >= 15 is 0 Å². The molecule has 1 aromatic carbocycles. The third kappa shape index (κ3) is 5.42. The molecule has 2 aromatic rings. The minimum absolute atomic E-state index is 0.0124. The summed E-state index contributed by atoms with van der Waals surface area (Å²) in [5.74, 6) is 0.770. The van der Waals surface area contributed by atoms with E-state index in [4.69, 9.17) is 26.3 Å². The number of likely N-dealkylation sites (tertiary alicyclic amines) is 1. The maximum Gasteiger partial charge on any atom is 0.318 e. The fraction of sp³-hybridized carbons (Fsp3) is 0.562. The molecule has 9 heteroatoms. The molecule has 3 heterocycles. The molecule has 2 saturated heterocycles. The first-order valence-electron chi connectivity index (χ1n) is 15.0. The summed E-state index contributed by atoms with van der Waals surface area (Å²) in [4.78, 5) is 29.0. The summed E-state index contributed by atoms with van der Waals surface area (Å²) in [6, 6.07) is 9.24. The van der Waals surface area contributed by atoms with Crippen LogP contribution in [-0.2, 0) is 29.5 Å². The highest BCUT2D eigenvalue weighted by Gasteiger charge is 2.42. The number of hydrogen-bond acceptors (Lipinski definition) is 7. The molecule has 1 aromatic heterocycles. The van der Waals surface area contributed by atoms with Gasteiger partial charge in [-0.2, -0.15) is 15.2 Å². The van der Waals surface area contributed by atoms with Crippen LogP contribution in [0.25, 0.3) is 0 Å². The largest absolute Gasteiger partial charge is 0.462 e. The molecule has 2 aliphatic heterocycles. The lowest BCUT2D eigenvalue weighted by Gasteiger charge is -2.44. The molecule has 41 heavy (non-hydrogen) atoms. The zero-order chi connectivity index (χ0) is 28.6. The number of benzene rings is 1. The number of carbonyl (C=O) groups excluding carboxylic acids is 1. The Kier molecular flexibility index (Phi) is 7.93. The first-order valence-corrected chi connectivity index (χ1v) is 15.4. The van der Waals surface area contributed by atoms with Crippen LogP contribution in [0.1, 0.15) is 60.9 Å². The minimum Gasteiger partial charge on any atom is -0.462 e. The van der Waals surface area contributed by atoms with Gasteiger partial charge in [0, 0.05) is 41.7 Å². The van der Waals surface area contributed by atoms with Gasteiger partial charge in [-0.15, -0.1) is 0 Å². The number of hydrogen-bond donors (Lipinski definition) is 0. The quantitative estimate of drug-likeness (QED) is 0.470. The normalized spacial score (nSPS) is 25.9. The first kappa shape index (κ1) is 28.0. The topological polar surface area (TPSA) is 85.6 Å². The van der Waals surface area contributed by atoms with Crippen LogP contribution in [0.15, 0.2) is 30.9 Å². The van der Waals surface area contributed by atoms with Gasteiger partial charge < -0.3 is 19.4 Å². The standard InChI is InChI=1S/C32H39ClN6O2/c1-3-29(40)39-17-16-38(20-24(39)11-14-34)30-26-10-13-32(12-4-6-22-8-9-23(33)18-27(22)32)19-28(26)35-31(36-30)41-21-25-7-5-15-37(25)2/h3,8-9,18,24-25H,1,4-7,10-13,15-17,19-21H2,2H3/t24-,25-,32?/m0/s1. The number of rotatable bonds is 6. The van der Waals surface area contributed by atoms with Crippen molar-refractivity contribution in [2.75, 3.05) is 44.7 Å². The molecule has 0 N–H and O–H groups in total. The van der Waals surface area contributed by atoms with Crippen molar-refractivity contribution < 1.29 is 9.53 Å². The molecule has 1 unspecified atom stereocenters. The molecule has 0 saturated carbocycles.